The van der Waals surface area contributed by atoms with Gasteiger partial charge in [0.05, 0.1) is 22.8 Å². The summed E-state index contributed by atoms with van der Waals surface area (Å²) in [7, 11) is 0. The summed E-state index contributed by atoms with van der Waals surface area (Å²) in [6.45, 7) is 3.07. The molecule has 0 bridgehead atoms. The maximum atomic E-state index is 5.20. The van der Waals surface area contributed by atoms with Gasteiger partial charge in [-0.25, -0.2) is 9.97 Å². The number of nitrogens with one attached hydrogen (secondary N) is 2. The Kier molecular flexibility index (Phi) is 7.02. The van der Waals surface area contributed by atoms with E-state index in [4.69, 9.17) is 9.97 Å². The standard InChI is InChI=1S/C44H33N5/c1-2-49-37-25-23-33(43-45-39(29-15-7-3-8-16-29)40(46-43)30-17-9-4-10-18-30)27-35(37)36-28-34(24-26-38(36)49)44-47-41(31-19-11-5-12-20-31)42(48-44)32-21-13-6-14-22-32/h3-28H,2H2,1H3,(H,45,46)(H,47,48). The highest BCUT2D eigenvalue weighted by atomic mass is 15.0. The lowest BCUT2D eigenvalue weighted by Gasteiger charge is -2.04. The van der Waals surface area contributed by atoms with Crippen molar-refractivity contribution in [3.8, 4) is 67.8 Å². The first kappa shape index (κ1) is 28.7. The smallest absolute Gasteiger partial charge is 0.138 e. The molecule has 2 N–H and O–H groups in total. The lowest BCUT2D eigenvalue weighted by atomic mass is 10.1. The minimum Gasteiger partial charge on any atom is -0.341 e. The fourth-order valence-electron chi connectivity index (χ4n) is 7.00. The summed E-state index contributed by atoms with van der Waals surface area (Å²) < 4.78 is 2.39. The summed E-state index contributed by atoms with van der Waals surface area (Å²) in [4.78, 5) is 17.8. The Balaban J connectivity index is 1.20. The molecule has 5 nitrogen and oxygen atoms in total. The molecule has 0 aliphatic heterocycles. The van der Waals surface area contributed by atoms with E-state index in [9.17, 15) is 0 Å². The van der Waals surface area contributed by atoms with Crippen LogP contribution in [0.15, 0.2) is 158 Å². The molecule has 9 aromatic rings. The Morgan fingerprint density at radius 3 is 1.16 bits per heavy atom. The molecule has 49 heavy (non-hydrogen) atoms. The van der Waals surface area contributed by atoms with Gasteiger partial charge in [0.25, 0.3) is 0 Å². The quantitative estimate of drug-likeness (QED) is 0.184. The molecule has 3 aromatic heterocycles. The molecule has 3 heterocycles. The number of benzene rings is 6. The van der Waals surface area contributed by atoms with Crippen LogP contribution >= 0.6 is 0 Å². The fraction of sp³-hybridized carbons (Fsp3) is 0.0455. The van der Waals surface area contributed by atoms with E-state index in [1.54, 1.807) is 0 Å². The van der Waals surface area contributed by atoms with Crippen molar-refractivity contribution in [2.45, 2.75) is 13.5 Å². The number of rotatable bonds is 7. The van der Waals surface area contributed by atoms with Gasteiger partial charge >= 0.3 is 0 Å². The van der Waals surface area contributed by atoms with Gasteiger partial charge in [0, 0.05) is 61.7 Å². The molecule has 5 heteroatoms. The van der Waals surface area contributed by atoms with E-state index in [0.717, 1.165) is 74.3 Å². The topological polar surface area (TPSA) is 62.3 Å². The number of aryl methyl sites for hydroxylation is 1. The van der Waals surface area contributed by atoms with Crippen LogP contribution in [0.25, 0.3) is 89.6 Å². The lowest BCUT2D eigenvalue weighted by Crippen LogP contribution is -1.93. The third-order valence-electron chi connectivity index (χ3n) is 9.35. The maximum absolute atomic E-state index is 5.20. The van der Waals surface area contributed by atoms with Gasteiger partial charge in [-0.15, -0.1) is 0 Å². The molecule has 234 valence electrons. The predicted molar refractivity (Wildman–Crippen MR) is 202 cm³/mol. The molecule has 9 rings (SSSR count). The molecule has 0 aliphatic rings. The Bertz CT molecular complexity index is 2270. The second-order valence-electron chi connectivity index (χ2n) is 12.3. The zero-order chi connectivity index (χ0) is 32.7. The summed E-state index contributed by atoms with van der Waals surface area (Å²) in [6, 6.07) is 55.1. The maximum Gasteiger partial charge on any atom is 0.138 e. The molecule has 0 atom stereocenters. The van der Waals surface area contributed by atoms with Crippen molar-refractivity contribution in [2.75, 3.05) is 0 Å². The third-order valence-corrected chi connectivity index (χ3v) is 9.35. The average Bonchev–Trinajstić information content (AvgIpc) is 3.91. The van der Waals surface area contributed by atoms with E-state index in [1.807, 2.05) is 24.3 Å². The minimum atomic E-state index is 0.846. The van der Waals surface area contributed by atoms with E-state index in [2.05, 4.69) is 155 Å². The van der Waals surface area contributed by atoms with Crippen LogP contribution in [0, 0.1) is 0 Å². The Morgan fingerprint density at radius 1 is 0.429 bits per heavy atom. The first-order valence-corrected chi connectivity index (χ1v) is 16.7. The second kappa shape index (κ2) is 12.0. The zero-order valence-electron chi connectivity index (χ0n) is 27.1. The Morgan fingerprint density at radius 2 is 0.796 bits per heavy atom. The van der Waals surface area contributed by atoms with Crippen LogP contribution in [-0.4, -0.2) is 24.5 Å². The molecule has 0 fully saturated rings. The van der Waals surface area contributed by atoms with Gasteiger partial charge in [-0.2, -0.15) is 0 Å². The Hall–Kier alpha value is -6.46. The third kappa shape index (κ3) is 5.04. The zero-order valence-corrected chi connectivity index (χ0v) is 27.1. The summed E-state index contributed by atoms with van der Waals surface area (Å²) in [6.07, 6.45) is 0. The molecule has 0 amide bonds. The van der Waals surface area contributed by atoms with Gasteiger partial charge in [-0.05, 0) is 43.3 Å². The number of aromatic nitrogens is 5. The normalized spacial score (nSPS) is 11.4. The largest absolute Gasteiger partial charge is 0.341 e. The highest BCUT2D eigenvalue weighted by molar-refractivity contribution is 6.10. The number of imidazole rings is 2. The number of H-pyrrole nitrogens is 2. The van der Waals surface area contributed by atoms with E-state index in [-0.39, 0.29) is 0 Å². The molecule has 0 aliphatic carbocycles. The molecule has 0 radical (unpaired) electrons. The van der Waals surface area contributed by atoms with Crippen LogP contribution in [-0.2, 0) is 6.54 Å². The summed E-state index contributed by atoms with van der Waals surface area (Å²) >= 11 is 0. The molecule has 0 spiro atoms. The van der Waals surface area contributed by atoms with Crippen molar-refractivity contribution < 1.29 is 0 Å². The van der Waals surface area contributed by atoms with E-state index in [0.29, 0.717) is 0 Å². The number of hydrogen-bond donors (Lipinski definition) is 2. The average molecular weight is 632 g/mol. The summed E-state index contributed by atoms with van der Waals surface area (Å²) in [5.41, 5.74) is 12.8. The van der Waals surface area contributed by atoms with Crippen molar-refractivity contribution >= 4 is 21.8 Å². The van der Waals surface area contributed by atoms with Crippen LogP contribution in [0.4, 0.5) is 0 Å². The van der Waals surface area contributed by atoms with Gasteiger partial charge in [-0.3, -0.25) is 0 Å². The van der Waals surface area contributed by atoms with E-state index in [1.165, 1.54) is 21.8 Å². The number of hydrogen-bond acceptors (Lipinski definition) is 2. The fourth-order valence-corrected chi connectivity index (χ4v) is 7.00. The van der Waals surface area contributed by atoms with Crippen LogP contribution < -0.4 is 0 Å². The van der Waals surface area contributed by atoms with Crippen molar-refractivity contribution in [1.82, 2.24) is 24.5 Å². The predicted octanol–water partition coefficient (Wildman–Crippen LogP) is 11.3. The van der Waals surface area contributed by atoms with Crippen LogP contribution in [0.2, 0.25) is 0 Å². The monoisotopic (exact) mass is 631 g/mol. The molecule has 6 aromatic carbocycles. The van der Waals surface area contributed by atoms with Crippen molar-refractivity contribution in [3.05, 3.63) is 158 Å². The molecular weight excluding hydrogens is 599 g/mol. The van der Waals surface area contributed by atoms with Gasteiger partial charge in [0.15, 0.2) is 0 Å². The van der Waals surface area contributed by atoms with Gasteiger partial charge in [0.2, 0.25) is 0 Å². The van der Waals surface area contributed by atoms with E-state index < -0.39 is 0 Å². The summed E-state index contributed by atoms with van der Waals surface area (Å²) in [5, 5.41) is 2.38. The Labute approximate surface area is 284 Å². The molecule has 0 unspecified atom stereocenters. The van der Waals surface area contributed by atoms with Crippen LogP contribution in [0.3, 0.4) is 0 Å². The molecular formula is C44H33N5. The minimum absolute atomic E-state index is 0.846. The van der Waals surface area contributed by atoms with Gasteiger partial charge in [-0.1, -0.05) is 121 Å². The number of nitrogens with zero attached hydrogens (tertiary/aromatic N) is 3. The molecule has 0 saturated carbocycles. The first-order chi connectivity index (χ1) is 24.2. The highest BCUT2D eigenvalue weighted by Gasteiger charge is 2.19. The van der Waals surface area contributed by atoms with Crippen LogP contribution in [0.1, 0.15) is 6.92 Å². The van der Waals surface area contributed by atoms with Crippen LogP contribution in [0.5, 0.6) is 0 Å². The highest BCUT2D eigenvalue weighted by Crippen LogP contribution is 2.38. The van der Waals surface area contributed by atoms with Crippen molar-refractivity contribution in [1.29, 1.82) is 0 Å². The lowest BCUT2D eigenvalue weighted by molar-refractivity contribution is 0.827. The van der Waals surface area contributed by atoms with Crippen molar-refractivity contribution in [3.63, 3.8) is 0 Å². The van der Waals surface area contributed by atoms with Gasteiger partial charge in [0.1, 0.15) is 11.6 Å². The molecule has 0 saturated heterocycles. The number of aromatic amines is 2. The van der Waals surface area contributed by atoms with Crippen molar-refractivity contribution in [2.24, 2.45) is 0 Å². The SMILES string of the molecule is CCn1c2ccc(-c3nc(-c4ccccc4)c(-c4ccccc4)[nH]3)cc2c2cc(-c3nc(-c4ccccc4)c(-c4ccccc4)[nH]3)ccc21. The second-order valence-corrected chi connectivity index (χ2v) is 12.3. The summed E-state index contributed by atoms with van der Waals surface area (Å²) in [5.74, 6) is 1.69. The van der Waals surface area contributed by atoms with Gasteiger partial charge < -0.3 is 14.5 Å². The van der Waals surface area contributed by atoms with E-state index >= 15 is 0 Å². The first-order valence-electron chi connectivity index (χ1n) is 16.7. The number of fused-ring (bicyclic) bond motifs is 3.